The first kappa shape index (κ1) is 20.9. The maximum Gasteiger partial charge on any atom is 0.312 e. The monoisotopic (exact) mass is 403 g/mol. The first-order valence-electron chi connectivity index (χ1n) is 10.1. The molecule has 6 heteroatoms. The zero-order chi connectivity index (χ0) is 20.1. The second-order valence-corrected chi connectivity index (χ2v) is 8.44. The maximum atomic E-state index is 12.9. The van der Waals surface area contributed by atoms with Gasteiger partial charge in [-0.25, -0.2) is 0 Å². The number of carbonyl (C=O) groups excluding carboxylic acids is 1. The molecule has 2 aromatic rings. The van der Waals surface area contributed by atoms with Crippen LogP contribution >= 0.6 is 11.6 Å². The van der Waals surface area contributed by atoms with E-state index >= 15 is 0 Å². The van der Waals surface area contributed by atoms with Crippen molar-refractivity contribution in [2.45, 2.75) is 52.6 Å². The van der Waals surface area contributed by atoms with Crippen LogP contribution in [-0.4, -0.2) is 40.3 Å². The van der Waals surface area contributed by atoms with Crippen molar-refractivity contribution >= 4 is 17.6 Å². The molecule has 1 fully saturated rings. The van der Waals surface area contributed by atoms with Crippen molar-refractivity contribution in [2.24, 2.45) is 5.41 Å². The number of piperidine rings is 1. The van der Waals surface area contributed by atoms with Gasteiger partial charge in [-0.1, -0.05) is 23.7 Å². The molecule has 0 atom stereocenters. The summed E-state index contributed by atoms with van der Waals surface area (Å²) in [5.74, 6) is -0.0720. The van der Waals surface area contributed by atoms with Gasteiger partial charge in [-0.05, 0) is 70.8 Å². The molecule has 0 spiro atoms. The first-order chi connectivity index (χ1) is 13.4. The summed E-state index contributed by atoms with van der Waals surface area (Å²) in [5, 5.41) is 5.14. The van der Waals surface area contributed by atoms with E-state index in [1.54, 1.807) is 0 Å². The van der Waals surface area contributed by atoms with Crippen molar-refractivity contribution < 1.29 is 9.53 Å². The lowest BCUT2D eigenvalue weighted by atomic mass is 9.73. The van der Waals surface area contributed by atoms with Crippen LogP contribution < -0.4 is 0 Å². The molecule has 5 nitrogen and oxygen atoms in total. The van der Waals surface area contributed by atoms with Gasteiger partial charge in [0.1, 0.15) is 0 Å². The Bertz CT molecular complexity index is 777. The summed E-state index contributed by atoms with van der Waals surface area (Å²) in [6.07, 6.45) is 6.36. The third-order valence-electron chi connectivity index (χ3n) is 5.57. The van der Waals surface area contributed by atoms with Crippen LogP contribution in [0.3, 0.4) is 0 Å². The highest BCUT2D eigenvalue weighted by Gasteiger charge is 2.42. The highest BCUT2D eigenvalue weighted by Crippen LogP contribution is 2.37. The minimum Gasteiger partial charge on any atom is -0.466 e. The molecule has 1 aliphatic rings. The number of benzene rings is 1. The molecule has 0 radical (unpaired) electrons. The third-order valence-corrected chi connectivity index (χ3v) is 5.82. The quantitative estimate of drug-likeness (QED) is 0.638. The summed E-state index contributed by atoms with van der Waals surface area (Å²) >= 11 is 6.01. The number of hydrogen-bond donors (Lipinski definition) is 0. The van der Waals surface area contributed by atoms with Crippen molar-refractivity contribution in [3.05, 3.63) is 52.8 Å². The average molecular weight is 404 g/mol. The van der Waals surface area contributed by atoms with E-state index in [1.807, 2.05) is 42.1 Å². The second kappa shape index (κ2) is 9.10. The lowest BCUT2D eigenvalue weighted by molar-refractivity contribution is -0.158. The molecular weight excluding hydrogens is 374 g/mol. The fourth-order valence-corrected chi connectivity index (χ4v) is 4.00. The minimum absolute atomic E-state index is 0.0720. The molecule has 0 aliphatic carbocycles. The third kappa shape index (κ3) is 4.95. The molecular formula is C22H30ClN3O2. The van der Waals surface area contributed by atoms with Crippen LogP contribution in [0.25, 0.3) is 0 Å². The van der Waals surface area contributed by atoms with E-state index in [-0.39, 0.29) is 5.97 Å². The van der Waals surface area contributed by atoms with Gasteiger partial charge in [0.05, 0.1) is 18.2 Å². The largest absolute Gasteiger partial charge is 0.466 e. The van der Waals surface area contributed by atoms with Crippen LogP contribution in [0, 0.1) is 5.41 Å². The molecule has 1 aliphatic heterocycles. The van der Waals surface area contributed by atoms with Gasteiger partial charge in [0.2, 0.25) is 0 Å². The van der Waals surface area contributed by atoms with Crippen molar-refractivity contribution in [3.63, 3.8) is 0 Å². The van der Waals surface area contributed by atoms with Gasteiger partial charge in [0.25, 0.3) is 0 Å². The Kier molecular flexibility index (Phi) is 6.78. The summed E-state index contributed by atoms with van der Waals surface area (Å²) in [5.41, 5.74) is 1.89. The summed E-state index contributed by atoms with van der Waals surface area (Å²) < 4.78 is 7.46. The summed E-state index contributed by atoms with van der Waals surface area (Å²) in [7, 11) is 0. The lowest BCUT2D eigenvalue weighted by Crippen LogP contribution is -2.46. The van der Waals surface area contributed by atoms with E-state index < -0.39 is 5.41 Å². The molecule has 0 amide bonds. The Morgan fingerprint density at radius 1 is 1.21 bits per heavy atom. The van der Waals surface area contributed by atoms with Crippen molar-refractivity contribution in [2.75, 3.05) is 19.7 Å². The van der Waals surface area contributed by atoms with Gasteiger partial charge in [0, 0.05) is 29.4 Å². The smallest absolute Gasteiger partial charge is 0.312 e. The number of carbonyl (C=O) groups is 1. The molecule has 3 rings (SSSR count). The standard InChI is InChI=1S/C22H30ClN3O2/c1-4-28-21(27)22(13-18-5-7-20(23)8-6-18)9-11-25(12-10-22)15-19-14-24-26(16-19)17(2)3/h5-8,14,16-17H,4,9-13,15H2,1-3H3. The molecule has 1 aromatic carbocycles. The first-order valence-corrected chi connectivity index (χ1v) is 10.5. The van der Waals surface area contributed by atoms with E-state index in [2.05, 4.69) is 30.0 Å². The van der Waals surface area contributed by atoms with Crippen molar-refractivity contribution in [1.29, 1.82) is 0 Å². The molecule has 0 bridgehead atoms. The highest BCUT2D eigenvalue weighted by atomic mass is 35.5. The van der Waals surface area contributed by atoms with Crippen molar-refractivity contribution in [1.82, 2.24) is 14.7 Å². The molecule has 0 unspecified atom stereocenters. The molecule has 2 heterocycles. The molecule has 1 aromatic heterocycles. The van der Waals surface area contributed by atoms with Crippen LogP contribution in [0.2, 0.25) is 5.02 Å². The van der Waals surface area contributed by atoms with Crippen LogP contribution in [0.5, 0.6) is 0 Å². The fourth-order valence-electron chi connectivity index (χ4n) is 3.87. The summed E-state index contributed by atoms with van der Waals surface area (Å²) in [6, 6.07) is 8.16. The molecule has 152 valence electrons. The molecule has 28 heavy (non-hydrogen) atoms. The number of rotatable bonds is 7. The summed E-state index contributed by atoms with van der Waals surface area (Å²) in [4.78, 5) is 15.3. The van der Waals surface area contributed by atoms with Gasteiger partial charge in [-0.2, -0.15) is 5.10 Å². The Labute approximate surface area is 172 Å². The van der Waals surface area contributed by atoms with E-state index in [0.29, 0.717) is 24.1 Å². The van der Waals surface area contributed by atoms with Crippen LogP contribution in [0.15, 0.2) is 36.7 Å². The van der Waals surface area contributed by atoms with Gasteiger partial charge in [-0.3, -0.25) is 14.4 Å². The Morgan fingerprint density at radius 3 is 2.46 bits per heavy atom. The van der Waals surface area contributed by atoms with E-state index in [9.17, 15) is 4.79 Å². The lowest BCUT2D eigenvalue weighted by Gasteiger charge is -2.40. The van der Waals surface area contributed by atoms with E-state index in [1.165, 1.54) is 5.56 Å². The maximum absolute atomic E-state index is 12.9. The number of aromatic nitrogens is 2. The Hall–Kier alpha value is -1.85. The topological polar surface area (TPSA) is 47.4 Å². The predicted molar refractivity (Wildman–Crippen MR) is 111 cm³/mol. The Balaban J connectivity index is 1.67. The van der Waals surface area contributed by atoms with Crippen molar-refractivity contribution in [3.8, 4) is 0 Å². The van der Waals surface area contributed by atoms with Gasteiger partial charge in [-0.15, -0.1) is 0 Å². The number of hydrogen-bond acceptors (Lipinski definition) is 4. The van der Waals surface area contributed by atoms with Crippen LogP contribution in [-0.2, 0) is 22.5 Å². The fraction of sp³-hybridized carbons (Fsp3) is 0.545. The number of nitrogens with zero attached hydrogens (tertiary/aromatic N) is 3. The predicted octanol–water partition coefficient (Wildman–Crippen LogP) is 4.51. The minimum atomic E-state index is -0.456. The average Bonchev–Trinajstić information content (AvgIpc) is 3.14. The number of likely N-dealkylation sites (tertiary alicyclic amines) is 1. The van der Waals surface area contributed by atoms with Crippen LogP contribution in [0.1, 0.15) is 50.8 Å². The molecule has 0 saturated carbocycles. The summed E-state index contributed by atoms with van der Waals surface area (Å²) in [6.45, 7) is 9.16. The molecule has 0 N–H and O–H groups in total. The van der Waals surface area contributed by atoms with E-state index in [4.69, 9.17) is 16.3 Å². The Morgan fingerprint density at radius 2 is 1.89 bits per heavy atom. The molecule has 1 saturated heterocycles. The van der Waals surface area contributed by atoms with E-state index in [0.717, 1.165) is 38.0 Å². The highest BCUT2D eigenvalue weighted by molar-refractivity contribution is 6.30. The SMILES string of the molecule is CCOC(=O)C1(Cc2ccc(Cl)cc2)CCN(Cc2cnn(C(C)C)c2)CC1. The van der Waals surface area contributed by atoms with Gasteiger partial charge >= 0.3 is 5.97 Å². The second-order valence-electron chi connectivity index (χ2n) is 8.00. The number of ether oxygens (including phenoxy) is 1. The zero-order valence-electron chi connectivity index (χ0n) is 17.0. The van der Waals surface area contributed by atoms with Crippen LogP contribution in [0.4, 0.5) is 0 Å². The number of halogens is 1. The van der Waals surface area contributed by atoms with Gasteiger partial charge < -0.3 is 4.74 Å². The van der Waals surface area contributed by atoms with Gasteiger partial charge in [0.15, 0.2) is 0 Å². The zero-order valence-corrected chi connectivity index (χ0v) is 17.8. The number of esters is 1. The normalized spacial score (nSPS) is 17.0.